The molecule has 2 heterocycles. The first-order valence-corrected chi connectivity index (χ1v) is 9.17. The zero-order chi connectivity index (χ0) is 22.0. The van der Waals surface area contributed by atoms with Crippen LogP contribution < -0.4 is 10.9 Å². The maximum absolute atomic E-state index is 12.7. The minimum atomic E-state index is -4.53. The first-order valence-electron chi connectivity index (χ1n) is 9.17. The Kier molecular flexibility index (Phi) is 5.20. The number of nitrogens with zero attached hydrogens (tertiary/aromatic N) is 3. The summed E-state index contributed by atoms with van der Waals surface area (Å²) < 4.78 is 40.8. The number of amides is 2. The van der Waals surface area contributed by atoms with Gasteiger partial charge in [-0.3, -0.25) is 20.4 Å². The van der Waals surface area contributed by atoms with Crippen molar-refractivity contribution >= 4 is 22.7 Å². The fourth-order valence-corrected chi connectivity index (χ4v) is 3.06. The van der Waals surface area contributed by atoms with Crippen LogP contribution in [0.25, 0.3) is 16.6 Å². The number of nitrogens with one attached hydrogen (secondary N) is 2. The number of carbonyl (C=O) groups excluding carboxylic acids is 2. The number of rotatable bonds is 4. The molecule has 0 aliphatic heterocycles. The maximum atomic E-state index is 12.7. The highest BCUT2D eigenvalue weighted by Gasteiger charge is 2.33. The number of halogens is 3. The minimum absolute atomic E-state index is 0.0214. The van der Waals surface area contributed by atoms with Crippen LogP contribution in [-0.2, 0) is 17.5 Å². The molecule has 0 bridgehead atoms. The van der Waals surface area contributed by atoms with Gasteiger partial charge in [-0.15, -0.1) is 0 Å². The van der Waals surface area contributed by atoms with Gasteiger partial charge in [0.1, 0.15) is 6.54 Å². The summed E-state index contributed by atoms with van der Waals surface area (Å²) in [4.78, 5) is 24.4. The zero-order valence-corrected chi connectivity index (χ0v) is 15.9. The summed E-state index contributed by atoms with van der Waals surface area (Å²) in [6.45, 7) is 0.0214. The molecule has 7 nitrogen and oxygen atoms in total. The third-order valence-electron chi connectivity index (χ3n) is 4.58. The van der Waals surface area contributed by atoms with Gasteiger partial charge in [0.25, 0.3) is 11.8 Å². The van der Waals surface area contributed by atoms with Crippen LogP contribution in [0.4, 0.5) is 13.2 Å². The average molecular weight is 427 g/mol. The lowest BCUT2D eigenvalue weighted by molar-refractivity contribution is -0.141. The molecular weight excluding hydrogens is 411 g/mol. The van der Waals surface area contributed by atoms with E-state index in [1.165, 1.54) is 30.5 Å². The number of aromatic nitrogens is 3. The molecule has 2 aromatic carbocycles. The number of hydrogen-bond acceptors (Lipinski definition) is 3. The maximum Gasteiger partial charge on any atom is 0.435 e. The van der Waals surface area contributed by atoms with Gasteiger partial charge in [-0.2, -0.15) is 18.3 Å². The molecule has 31 heavy (non-hydrogen) atoms. The first kappa shape index (κ1) is 20.2. The van der Waals surface area contributed by atoms with Crippen molar-refractivity contribution in [3.63, 3.8) is 0 Å². The molecule has 0 unspecified atom stereocenters. The van der Waals surface area contributed by atoms with Crippen molar-refractivity contribution in [2.45, 2.75) is 12.7 Å². The molecule has 0 spiro atoms. The second-order valence-corrected chi connectivity index (χ2v) is 6.69. The van der Waals surface area contributed by atoms with E-state index >= 15 is 0 Å². The summed E-state index contributed by atoms with van der Waals surface area (Å²) in [6, 6.07) is 16.1. The molecule has 2 N–H and O–H groups in total. The normalized spacial score (nSPS) is 11.5. The smallest absolute Gasteiger partial charge is 0.338 e. The van der Waals surface area contributed by atoms with E-state index in [0.717, 1.165) is 21.7 Å². The fourth-order valence-electron chi connectivity index (χ4n) is 3.06. The van der Waals surface area contributed by atoms with Crippen molar-refractivity contribution in [1.29, 1.82) is 0 Å². The zero-order valence-electron chi connectivity index (χ0n) is 15.9. The van der Waals surface area contributed by atoms with Crippen molar-refractivity contribution in [2.24, 2.45) is 0 Å². The van der Waals surface area contributed by atoms with E-state index < -0.39 is 23.7 Å². The Labute approximate surface area is 174 Å². The Hall–Kier alpha value is -4.08. The van der Waals surface area contributed by atoms with Crippen LogP contribution in [-0.4, -0.2) is 26.2 Å². The van der Waals surface area contributed by atoms with E-state index in [1.807, 2.05) is 30.3 Å². The van der Waals surface area contributed by atoms with Gasteiger partial charge in [-0.25, -0.2) is 4.68 Å². The molecule has 0 saturated heterocycles. The standard InChI is InChI=1S/C21H16F3N5O2/c22-21(23,24)18-10-12-29(27-18)16-7-5-15(6-8-16)20(31)26-25-19(30)13-28-11-9-14-3-1-2-4-17(14)28/h1-12H,13H2,(H,25,30)(H,26,31). The third-order valence-corrected chi connectivity index (χ3v) is 4.58. The first-order chi connectivity index (χ1) is 14.8. The molecule has 4 rings (SSSR count). The molecule has 4 aromatic rings. The second-order valence-electron chi connectivity index (χ2n) is 6.69. The molecule has 2 aromatic heterocycles. The monoisotopic (exact) mass is 427 g/mol. The van der Waals surface area contributed by atoms with Crippen molar-refractivity contribution in [1.82, 2.24) is 25.2 Å². The highest BCUT2D eigenvalue weighted by atomic mass is 19.4. The quantitative estimate of drug-likeness (QED) is 0.491. The molecule has 0 aliphatic rings. The number of hydrogen-bond donors (Lipinski definition) is 2. The molecule has 10 heteroatoms. The average Bonchev–Trinajstić information content (AvgIpc) is 3.40. The summed E-state index contributed by atoms with van der Waals surface area (Å²) in [5.41, 5.74) is 5.13. The predicted octanol–water partition coefficient (Wildman–Crippen LogP) is 3.31. The van der Waals surface area contributed by atoms with Crippen LogP contribution in [0, 0.1) is 0 Å². The highest BCUT2D eigenvalue weighted by Crippen LogP contribution is 2.27. The van der Waals surface area contributed by atoms with Crippen molar-refractivity contribution in [3.05, 3.63) is 84.3 Å². The van der Waals surface area contributed by atoms with E-state index in [1.54, 1.807) is 10.8 Å². The highest BCUT2D eigenvalue weighted by molar-refractivity contribution is 5.95. The summed E-state index contributed by atoms with van der Waals surface area (Å²) in [7, 11) is 0. The summed E-state index contributed by atoms with van der Waals surface area (Å²) in [6.07, 6.45) is -1.57. The Bertz CT molecular complexity index is 1240. The third kappa shape index (κ3) is 4.42. The van der Waals surface area contributed by atoms with Crippen molar-refractivity contribution in [3.8, 4) is 5.69 Å². The topological polar surface area (TPSA) is 81.0 Å². The number of benzene rings is 2. The van der Waals surface area contributed by atoms with E-state index in [-0.39, 0.29) is 12.1 Å². The summed E-state index contributed by atoms with van der Waals surface area (Å²) >= 11 is 0. The van der Waals surface area contributed by atoms with Gasteiger partial charge in [-0.05, 0) is 47.9 Å². The lowest BCUT2D eigenvalue weighted by Gasteiger charge is -2.09. The lowest BCUT2D eigenvalue weighted by atomic mass is 10.2. The molecule has 0 radical (unpaired) electrons. The van der Waals surface area contributed by atoms with Gasteiger partial charge in [0, 0.05) is 23.5 Å². The predicted molar refractivity (Wildman–Crippen MR) is 106 cm³/mol. The minimum Gasteiger partial charge on any atom is -0.338 e. The van der Waals surface area contributed by atoms with Crippen LogP contribution in [0.1, 0.15) is 16.1 Å². The van der Waals surface area contributed by atoms with E-state index in [9.17, 15) is 22.8 Å². The van der Waals surface area contributed by atoms with Gasteiger partial charge in [0.05, 0.1) is 5.69 Å². The van der Waals surface area contributed by atoms with E-state index in [0.29, 0.717) is 5.69 Å². The Morgan fingerprint density at radius 1 is 0.903 bits per heavy atom. The van der Waals surface area contributed by atoms with Gasteiger partial charge in [0.15, 0.2) is 5.69 Å². The van der Waals surface area contributed by atoms with E-state index in [4.69, 9.17) is 0 Å². The molecule has 0 fully saturated rings. The largest absolute Gasteiger partial charge is 0.435 e. The number of fused-ring (bicyclic) bond motifs is 1. The van der Waals surface area contributed by atoms with Gasteiger partial charge in [0.2, 0.25) is 0 Å². The molecule has 158 valence electrons. The van der Waals surface area contributed by atoms with Crippen molar-refractivity contribution < 1.29 is 22.8 Å². The fraction of sp³-hybridized carbons (Fsp3) is 0.0952. The van der Waals surface area contributed by atoms with Crippen LogP contribution in [0.5, 0.6) is 0 Å². The number of para-hydroxylation sites is 1. The molecule has 0 saturated carbocycles. The van der Waals surface area contributed by atoms with Crippen LogP contribution >= 0.6 is 0 Å². The Morgan fingerprint density at radius 3 is 2.35 bits per heavy atom. The van der Waals surface area contributed by atoms with Crippen molar-refractivity contribution in [2.75, 3.05) is 0 Å². The van der Waals surface area contributed by atoms with Gasteiger partial charge in [-0.1, -0.05) is 18.2 Å². The molecule has 0 aliphatic carbocycles. The second kappa shape index (κ2) is 7.98. The van der Waals surface area contributed by atoms with Crippen LogP contribution in [0.2, 0.25) is 0 Å². The SMILES string of the molecule is O=C(Cn1ccc2ccccc21)NNC(=O)c1ccc(-n2ccc(C(F)(F)F)n2)cc1. The molecule has 2 amide bonds. The van der Waals surface area contributed by atoms with E-state index in [2.05, 4.69) is 16.0 Å². The Morgan fingerprint density at radius 2 is 1.65 bits per heavy atom. The molecule has 0 atom stereocenters. The van der Waals surface area contributed by atoms with Crippen LogP contribution in [0.15, 0.2) is 73.1 Å². The number of alkyl halides is 3. The van der Waals surface area contributed by atoms with Gasteiger partial charge >= 0.3 is 6.18 Å². The van der Waals surface area contributed by atoms with Crippen LogP contribution in [0.3, 0.4) is 0 Å². The molecular formula is C21H16F3N5O2. The number of hydrazine groups is 1. The summed E-state index contributed by atoms with van der Waals surface area (Å²) in [5.74, 6) is -0.976. The van der Waals surface area contributed by atoms with Gasteiger partial charge < -0.3 is 4.57 Å². The number of carbonyl (C=O) groups is 2. The Balaban J connectivity index is 1.35. The summed E-state index contributed by atoms with van der Waals surface area (Å²) in [5, 5.41) is 4.47. The lowest BCUT2D eigenvalue weighted by Crippen LogP contribution is -2.43.